The summed E-state index contributed by atoms with van der Waals surface area (Å²) in [5, 5.41) is 9.58. The molecule has 0 amide bonds. The monoisotopic (exact) mass is 687 g/mol. The molecule has 0 saturated carbocycles. The lowest BCUT2D eigenvalue weighted by atomic mass is 10.0. The Morgan fingerprint density at radius 3 is 1.35 bits per heavy atom. The van der Waals surface area contributed by atoms with Crippen molar-refractivity contribution in [2.45, 2.75) is 213 Å². The predicted molar refractivity (Wildman–Crippen MR) is 214 cm³/mol. The molecular weight excluding hydrogens is 604 g/mol. The number of carbonyl (C=O) groups is 1. The van der Waals surface area contributed by atoms with Gasteiger partial charge in [0.05, 0.1) is 13.2 Å². The molecule has 0 heterocycles. The fourth-order valence-electron chi connectivity index (χ4n) is 5.93. The van der Waals surface area contributed by atoms with Crippen LogP contribution in [0.4, 0.5) is 0 Å². The minimum Gasteiger partial charge on any atom is -0.457 e. The zero-order chi connectivity index (χ0) is 35.6. The van der Waals surface area contributed by atoms with Crippen LogP contribution in [-0.2, 0) is 14.3 Å². The van der Waals surface area contributed by atoms with Crippen LogP contribution in [0, 0.1) is 0 Å². The fraction of sp³-hybridized carbons (Fsp3) is 0.800. The van der Waals surface area contributed by atoms with Crippen molar-refractivity contribution >= 4 is 5.97 Å². The highest BCUT2D eigenvalue weighted by atomic mass is 16.6. The topological polar surface area (TPSA) is 55.8 Å². The molecular formula is C45H82O4. The van der Waals surface area contributed by atoms with Crippen LogP contribution in [0.15, 0.2) is 48.6 Å². The molecule has 0 radical (unpaired) electrons. The number of ether oxygens (including phenoxy) is 2. The van der Waals surface area contributed by atoms with E-state index < -0.39 is 6.10 Å². The number of rotatable bonds is 39. The van der Waals surface area contributed by atoms with Crippen molar-refractivity contribution in [1.29, 1.82) is 0 Å². The summed E-state index contributed by atoms with van der Waals surface area (Å²) in [4.78, 5) is 12.2. The molecule has 4 nitrogen and oxygen atoms in total. The molecule has 0 aliphatic rings. The van der Waals surface area contributed by atoms with Gasteiger partial charge >= 0.3 is 5.97 Å². The van der Waals surface area contributed by atoms with Crippen LogP contribution < -0.4 is 0 Å². The predicted octanol–water partition coefficient (Wildman–Crippen LogP) is 13.9. The molecule has 0 aromatic heterocycles. The number of unbranched alkanes of at least 4 members (excludes halogenated alkanes) is 23. The third-order valence-corrected chi connectivity index (χ3v) is 9.11. The van der Waals surface area contributed by atoms with Crippen molar-refractivity contribution in [1.82, 2.24) is 0 Å². The minimum absolute atomic E-state index is 0.178. The molecule has 0 bridgehead atoms. The van der Waals surface area contributed by atoms with E-state index >= 15 is 0 Å². The van der Waals surface area contributed by atoms with Gasteiger partial charge in [0.2, 0.25) is 0 Å². The van der Waals surface area contributed by atoms with Crippen molar-refractivity contribution in [2.24, 2.45) is 0 Å². The Hall–Kier alpha value is -1.65. The molecule has 4 heteroatoms. The first-order chi connectivity index (χ1) is 24.2. The first-order valence-corrected chi connectivity index (χ1v) is 21.2. The summed E-state index contributed by atoms with van der Waals surface area (Å²) in [6.07, 6.45) is 54.6. The Morgan fingerprint density at radius 1 is 0.490 bits per heavy atom. The van der Waals surface area contributed by atoms with Gasteiger partial charge in [-0.05, 0) is 70.6 Å². The lowest BCUT2D eigenvalue weighted by Gasteiger charge is -2.15. The van der Waals surface area contributed by atoms with E-state index in [-0.39, 0.29) is 19.2 Å². The van der Waals surface area contributed by atoms with Crippen LogP contribution in [0.25, 0.3) is 0 Å². The standard InChI is InChI=1S/C45H82O4/c1-3-5-7-9-11-13-15-17-18-19-20-21-22-23-24-25-26-27-29-31-33-35-37-39-41-48-43-44(42-46)49-45(47)40-38-36-34-32-30-28-16-14-12-10-8-6-4-2/h8,10,14-17,19-20,44,46H,3-7,9,11-13,18,21-43H2,1-2H3/b10-8-,16-14-,17-15-,20-19-. The van der Waals surface area contributed by atoms with E-state index in [1.165, 1.54) is 141 Å². The Labute approximate surface area is 305 Å². The molecule has 286 valence electrons. The zero-order valence-corrected chi connectivity index (χ0v) is 32.7. The van der Waals surface area contributed by atoms with E-state index in [2.05, 4.69) is 62.5 Å². The highest BCUT2D eigenvalue weighted by Crippen LogP contribution is 2.14. The molecule has 0 aromatic rings. The summed E-state index contributed by atoms with van der Waals surface area (Å²) >= 11 is 0. The quantitative estimate of drug-likeness (QED) is 0.0397. The van der Waals surface area contributed by atoms with E-state index in [1.807, 2.05) is 0 Å². The summed E-state index contributed by atoms with van der Waals surface area (Å²) in [6, 6.07) is 0. The number of aliphatic hydroxyl groups is 1. The summed E-state index contributed by atoms with van der Waals surface area (Å²) < 4.78 is 11.1. The van der Waals surface area contributed by atoms with E-state index in [9.17, 15) is 9.90 Å². The van der Waals surface area contributed by atoms with Gasteiger partial charge in [0.1, 0.15) is 6.10 Å². The number of aliphatic hydroxyl groups excluding tert-OH is 1. The Morgan fingerprint density at radius 2 is 0.898 bits per heavy atom. The molecule has 0 aliphatic carbocycles. The van der Waals surface area contributed by atoms with E-state index in [4.69, 9.17) is 9.47 Å². The third kappa shape index (κ3) is 40.7. The van der Waals surface area contributed by atoms with E-state index in [0.717, 1.165) is 44.9 Å². The molecule has 0 spiro atoms. The highest BCUT2D eigenvalue weighted by Gasteiger charge is 2.13. The molecule has 49 heavy (non-hydrogen) atoms. The van der Waals surface area contributed by atoms with Crippen molar-refractivity contribution < 1.29 is 19.4 Å². The molecule has 1 N–H and O–H groups in total. The van der Waals surface area contributed by atoms with Gasteiger partial charge in [-0.3, -0.25) is 4.79 Å². The Kier molecular flexibility index (Phi) is 41.1. The van der Waals surface area contributed by atoms with Crippen LogP contribution in [0.1, 0.15) is 206 Å². The Bertz CT molecular complexity index is 768. The molecule has 0 rings (SSSR count). The number of allylic oxidation sites excluding steroid dienone is 8. The number of hydrogen-bond donors (Lipinski definition) is 1. The second-order valence-electron chi connectivity index (χ2n) is 14.1. The van der Waals surface area contributed by atoms with E-state index in [1.54, 1.807) is 0 Å². The third-order valence-electron chi connectivity index (χ3n) is 9.11. The van der Waals surface area contributed by atoms with Gasteiger partial charge in [-0.15, -0.1) is 0 Å². The maximum absolute atomic E-state index is 12.2. The average Bonchev–Trinajstić information content (AvgIpc) is 3.11. The number of hydrogen-bond acceptors (Lipinski definition) is 4. The maximum Gasteiger partial charge on any atom is 0.306 e. The van der Waals surface area contributed by atoms with Crippen molar-refractivity contribution in [3.63, 3.8) is 0 Å². The van der Waals surface area contributed by atoms with Gasteiger partial charge < -0.3 is 14.6 Å². The van der Waals surface area contributed by atoms with Crippen molar-refractivity contribution in [3.8, 4) is 0 Å². The van der Waals surface area contributed by atoms with Crippen LogP contribution in [0.5, 0.6) is 0 Å². The van der Waals surface area contributed by atoms with Crippen LogP contribution in [0.2, 0.25) is 0 Å². The van der Waals surface area contributed by atoms with Gasteiger partial charge in [-0.1, -0.05) is 178 Å². The number of esters is 1. The summed E-state index contributed by atoms with van der Waals surface area (Å²) in [7, 11) is 0. The molecule has 0 aromatic carbocycles. The first kappa shape index (κ1) is 47.4. The van der Waals surface area contributed by atoms with Gasteiger partial charge in [-0.25, -0.2) is 0 Å². The van der Waals surface area contributed by atoms with Crippen molar-refractivity contribution in [2.75, 3.05) is 19.8 Å². The SMILES string of the molecule is CCC/C=C\C/C=C\CCCCCCCC(=O)OC(CO)COCCCCCCCCCCCCCC/C=C\C/C=C\CCCCCCC. The number of carbonyl (C=O) groups excluding carboxylic acids is 1. The summed E-state index contributed by atoms with van der Waals surface area (Å²) in [6.45, 7) is 5.26. The first-order valence-electron chi connectivity index (χ1n) is 21.2. The van der Waals surface area contributed by atoms with Crippen LogP contribution >= 0.6 is 0 Å². The fourth-order valence-corrected chi connectivity index (χ4v) is 5.93. The smallest absolute Gasteiger partial charge is 0.306 e. The lowest BCUT2D eigenvalue weighted by Crippen LogP contribution is -2.27. The molecule has 0 saturated heterocycles. The van der Waals surface area contributed by atoms with Gasteiger partial charge in [0, 0.05) is 13.0 Å². The average molecular weight is 687 g/mol. The summed E-state index contributed by atoms with van der Waals surface area (Å²) in [5.74, 6) is -0.216. The Balaban J connectivity index is 3.41. The van der Waals surface area contributed by atoms with E-state index in [0.29, 0.717) is 13.0 Å². The molecule has 0 aliphatic heterocycles. The maximum atomic E-state index is 12.2. The molecule has 0 fully saturated rings. The van der Waals surface area contributed by atoms with Gasteiger partial charge in [0.25, 0.3) is 0 Å². The molecule has 1 atom stereocenters. The van der Waals surface area contributed by atoms with Crippen LogP contribution in [0.3, 0.4) is 0 Å². The van der Waals surface area contributed by atoms with Gasteiger partial charge in [0.15, 0.2) is 0 Å². The second kappa shape index (κ2) is 42.5. The second-order valence-corrected chi connectivity index (χ2v) is 14.1. The normalized spacial score (nSPS) is 12.8. The van der Waals surface area contributed by atoms with Crippen molar-refractivity contribution in [3.05, 3.63) is 48.6 Å². The zero-order valence-electron chi connectivity index (χ0n) is 32.7. The van der Waals surface area contributed by atoms with Gasteiger partial charge in [-0.2, -0.15) is 0 Å². The molecule has 1 unspecified atom stereocenters. The highest BCUT2D eigenvalue weighted by molar-refractivity contribution is 5.69. The minimum atomic E-state index is -0.542. The van der Waals surface area contributed by atoms with Crippen LogP contribution in [-0.4, -0.2) is 37.0 Å². The largest absolute Gasteiger partial charge is 0.457 e. The lowest BCUT2D eigenvalue weighted by molar-refractivity contribution is -0.154. The summed E-state index contributed by atoms with van der Waals surface area (Å²) in [5.41, 5.74) is 0.